The largest absolute Gasteiger partial charge is 0.398 e. The number of ether oxygens (including phenoxy) is 1. The Bertz CT molecular complexity index is 606. The Morgan fingerprint density at radius 3 is 3.05 bits per heavy atom. The molecule has 2 N–H and O–H groups in total. The fourth-order valence-corrected chi connectivity index (χ4v) is 2.27. The maximum absolute atomic E-state index is 6.13. The summed E-state index contributed by atoms with van der Waals surface area (Å²) < 4.78 is 7.43. The van der Waals surface area contributed by atoms with Crippen LogP contribution in [0.4, 0.5) is 5.69 Å². The third-order valence-electron chi connectivity index (χ3n) is 3.81. The van der Waals surface area contributed by atoms with Crippen molar-refractivity contribution in [1.82, 2.24) is 20.2 Å². The summed E-state index contributed by atoms with van der Waals surface area (Å²) in [5.41, 5.74) is 8.79. The summed E-state index contributed by atoms with van der Waals surface area (Å²) in [6.07, 6.45) is 3.55. The Morgan fingerprint density at radius 2 is 2.24 bits per heavy atom. The second-order valence-corrected chi connectivity index (χ2v) is 5.63. The van der Waals surface area contributed by atoms with Gasteiger partial charge in [-0.25, -0.2) is 4.68 Å². The van der Waals surface area contributed by atoms with E-state index in [0.29, 0.717) is 0 Å². The zero-order valence-corrected chi connectivity index (χ0v) is 12.3. The quantitative estimate of drug-likeness (QED) is 0.623. The second kappa shape index (κ2) is 6.22. The summed E-state index contributed by atoms with van der Waals surface area (Å²) >= 11 is 0. The molecule has 1 aromatic carbocycles. The molecule has 0 spiro atoms. The molecule has 1 fully saturated rings. The highest BCUT2D eigenvalue weighted by molar-refractivity contribution is 5.73. The lowest BCUT2D eigenvalue weighted by Crippen LogP contribution is -2.08. The predicted molar refractivity (Wildman–Crippen MR) is 80.6 cm³/mol. The molecule has 0 aliphatic heterocycles. The van der Waals surface area contributed by atoms with Crippen molar-refractivity contribution in [3.63, 3.8) is 0 Å². The van der Waals surface area contributed by atoms with E-state index in [4.69, 9.17) is 10.5 Å². The first-order valence-corrected chi connectivity index (χ1v) is 7.45. The Balaban J connectivity index is 1.61. The van der Waals surface area contributed by atoms with Crippen molar-refractivity contribution in [1.29, 1.82) is 0 Å². The van der Waals surface area contributed by atoms with Gasteiger partial charge in [0.2, 0.25) is 0 Å². The van der Waals surface area contributed by atoms with Gasteiger partial charge in [-0.3, -0.25) is 0 Å². The molecule has 21 heavy (non-hydrogen) atoms. The third-order valence-corrected chi connectivity index (χ3v) is 3.81. The molecule has 0 amide bonds. The van der Waals surface area contributed by atoms with E-state index >= 15 is 0 Å². The molecular weight excluding hydrogens is 266 g/mol. The molecule has 2 aromatic rings. The number of aromatic nitrogens is 4. The minimum Gasteiger partial charge on any atom is -0.398 e. The van der Waals surface area contributed by atoms with Crippen molar-refractivity contribution >= 4 is 5.69 Å². The molecule has 0 radical (unpaired) electrons. The molecule has 0 unspecified atom stereocenters. The number of nitrogens with two attached hydrogens (primary N) is 1. The highest BCUT2D eigenvalue weighted by Crippen LogP contribution is 2.29. The SMILES string of the molecule is Cc1cccc(-c2nnnn2CCCOCC2CC2)c1N. The van der Waals surface area contributed by atoms with Crippen LogP contribution in [0, 0.1) is 12.8 Å². The van der Waals surface area contributed by atoms with Crippen LogP contribution in [0.3, 0.4) is 0 Å². The maximum atomic E-state index is 6.13. The number of aryl methyl sites for hydroxylation is 2. The van der Waals surface area contributed by atoms with Crippen LogP contribution in [0.15, 0.2) is 18.2 Å². The first kappa shape index (κ1) is 14.0. The molecule has 1 aromatic heterocycles. The average Bonchev–Trinajstić information content (AvgIpc) is 3.19. The van der Waals surface area contributed by atoms with Gasteiger partial charge in [0.1, 0.15) is 0 Å². The highest BCUT2D eigenvalue weighted by atomic mass is 16.5. The van der Waals surface area contributed by atoms with Crippen LogP contribution in [0.2, 0.25) is 0 Å². The van der Waals surface area contributed by atoms with Gasteiger partial charge in [0.15, 0.2) is 5.82 Å². The van der Waals surface area contributed by atoms with E-state index in [0.717, 1.165) is 54.7 Å². The van der Waals surface area contributed by atoms with Crippen molar-refractivity contribution in [2.24, 2.45) is 5.92 Å². The van der Waals surface area contributed by atoms with Gasteiger partial charge in [-0.15, -0.1) is 5.10 Å². The number of rotatable bonds is 7. The molecule has 112 valence electrons. The zero-order chi connectivity index (χ0) is 14.7. The lowest BCUT2D eigenvalue weighted by atomic mass is 10.1. The molecular formula is C15H21N5O. The highest BCUT2D eigenvalue weighted by Gasteiger charge is 2.21. The molecule has 3 rings (SSSR count). The average molecular weight is 287 g/mol. The van der Waals surface area contributed by atoms with Gasteiger partial charge in [-0.05, 0) is 54.2 Å². The van der Waals surface area contributed by atoms with Gasteiger partial charge < -0.3 is 10.5 Å². The zero-order valence-electron chi connectivity index (χ0n) is 12.3. The molecule has 6 heteroatoms. The van der Waals surface area contributed by atoms with E-state index < -0.39 is 0 Å². The molecule has 6 nitrogen and oxygen atoms in total. The minimum absolute atomic E-state index is 0.721. The summed E-state index contributed by atoms with van der Waals surface area (Å²) in [7, 11) is 0. The molecule has 1 aliphatic rings. The number of hydrogen-bond acceptors (Lipinski definition) is 5. The number of nitrogen functional groups attached to an aromatic ring is 1. The number of anilines is 1. The van der Waals surface area contributed by atoms with E-state index in [1.165, 1.54) is 12.8 Å². The molecule has 1 heterocycles. The van der Waals surface area contributed by atoms with Crippen LogP contribution >= 0.6 is 0 Å². The second-order valence-electron chi connectivity index (χ2n) is 5.63. The van der Waals surface area contributed by atoms with Gasteiger partial charge in [-0.1, -0.05) is 12.1 Å². The van der Waals surface area contributed by atoms with Crippen molar-refractivity contribution < 1.29 is 4.74 Å². The van der Waals surface area contributed by atoms with E-state index in [9.17, 15) is 0 Å². The number of nitrogens with zero attached hydrogens (tertiary/aromatic N) is 4. The van der Waals surface area contributed by atoms with Crippen molar-refractivity contribution in [2.45, 2.75) is 32.7 Å². The van der Waals surface area contributed by atoms with Crippen LogP contribution in [-0.2, 0) is 11.3 Å². The normalized spacial score (nSPS) is 14.5. The summed E-state index contributed by atoms with van der Waals surface area (Å²) in [6, 6.07) is 5.91. The minimum atomic E-state index is 0.721. The van der Waals surface area contributed by atoms with Crippen LogP contribution in [-0.4, -0.2) is 33.4 Å². The number of benzene rings is 1. The van der Waals surface area contributed by atoms with Crippen molar-refractivity contribution in [3.8, 4) is 11.4 Å². The smallest absolute Gasteiger partial charge is 0.184 e. The molecule has 0 saturated heterocycles. The van der Waals surface area contributed by atoms with E-state index in [2.05, 4.69) is 15.5 Å². The maximum Gasteiger partial charge on any atom is 0.184 e. The summed E-state index contributed by atoms with van der Waals surface area (Å²) in [6.45, 7) is 4.37. The van der Waals surface area contributed by atoms with Crippen molar-refractivity contribution in [2.75, 3.05) is 18.9 Å². The lowest BCUT2D eigenvalue weighted by Gasteiger charge is -2.09. The standard InChI is InChI=1S/C15H21N5O/c1-11-4-2-5-13(14(11)16)15-17-18-19-20(15)8-3-9-21-10-12-6-7-12/h2,4-5,12H,3,6-10,16H2,1H3. The van der Waals surface area contributed by atoms with Gasteiger partial charge in [0.05, 0.1) is 0 Å². The Hall–Kier alpha value is -1.95. The fourth-order valence-electron chi connectivity index (χ4n) is 2.27. The number of tetrazole rings is 1. The van der Waals surface area contributed by atoms with E-state index in [-0.39, 0.29) is 0 Å². The molecule has 1 aliphatic carbocycles. The molecule has 0 atom stereocenters. The lowest BCUT2D eigenvalue weighted by molar-refractivity contribution is 0.118. The Kier molecular flexibility index (Phi) is 4.15. The van der Waals surface area contributed by atoms with Crippen molar-refractivity contribution in [3.05, 3.63) is 23.8 Å². The Labute approximate surface area is 124 Å². The first-order valence-electron chi connectivity index (χ1n) is 7.45. The monoisotopic (exact) mass is 287 g/mol. The van der Waals surface area contributed by atoms with Crippen LogP contribution in [0.1, 0.15) is 24.8 Å². The van der Waals surface area contributed by atoms with Crippen LogP contribution < -0.4 is 5.73 Å². The van der Waals surface area contributed by atoms with Crippen LogP contribution in [0.25, 0.3) is 11.4 Å². The fraction of sp³-hybridized carbons (Fsp3) is 0.533. The predicted octanol–water partition coefficient (Wildman–Crippen LogP) is 2.05. The summed E-state index contributed by atoms with van der Waals surface area (Å²) in [5.74, 6) is 1.53. The first-order chi connectivity index (χ1) is 10.3. The molecule has 0 bridgehead atoms. The number of para-hydroxylation sites is 1. The van der Waals surface area contributed by atoms with Gasteiger partial charge in [0, 0.05) is 31.0 Å². The topological polar surface area (TPSA) is 78.8 Å². The van der Waals surface area contributed by atoms with Gasteiger partial charge >= 0.3 is 0 Å². The molecule has 1 saturated carbocycles. The number of hydrogen-bond donors (Lipinski definition) is 1. The van der Waals surface area contributed by atoms with E-state index in [1.807, 2.05) is 25.1 Å². The van der Waals surface area contributed by atoms with Crippen LogP contribution in [0.5, 0.6) is 0 Å². The Morgan fingerprint density at radius 1 is 1.38 bits per heavy atom. The van der Waals surface area contributed by atoms with Gasteiger partial charge in [-0.2, -0.15) is 0 Å². The van der Waals surface area contributed by atoms with Gasteiger partial charge in [0.25, 0.3) is 0 Å². The third kappa shape index (κ3) is 3.39. The van der Waals surface area contributed by atoms with E-state index in [1.54, 1.807) is 4.68 Å². The summed E-state index contributed by atoms with van der Waals surface area (Å²) in [4.78, 5) is 0. The summed E-state index contributed by atoms with van der Waals surface area (Å²) in [5, 5.41) is 11.9.